The summed E-state index contributed by atoms with van der Waals surface area (Å²) < 4.78 is 5.05. The molecule has 0 saturated carbocycles. The molecule has 1 aromatic rings. The van der Waals surface area contributed by atoms with Gasteiger partial charge in [-0.2, -0.15) is 0 Å². The van der Waals surface area contributed by atoms with Crippen LogP contribution in [0.1, 0.15) is 12.6 Å². The molecule has 12 heavy (non-hydrogen) atoms. The van der Waals surface area contributed by atoms with Gasteiger partial charge in [0, 0.05) is 22.6 Å². The van der Waals surface area contributed by atoms with Crippen LogP contribution in [-0.4, -0.2) is 17.3 Å². The van der Waals surface area contributed by atoms with Gasteiger partial charge in [0.05, 0.1) is 12.8 Å². The number of thioether (sulfide) groups is 1. The molecule has 0 aromatic carbocycles. The summed E-state index contributed by atoms with van der Waals surface area (Å²) in [6.07, 6.45) is 1.07. The lowest BCUT2D eigenvalue weighted by molar-refractivity contribution is 0.395. The monoisotopic (exact) mass is 181 g/mol. The molecule has 0 N–H and O–H groups in total. The molecule has 2 heterocycles. The van der Waals surface area contributed by atoms with Gasteiger partial charge in [-0.1, -0.05) is 6.92 Å². The Labute approximate surface area is 76.3 Å². The number of fused-ring (bicyclic) bond motifs is 1. The summed E-state index contributed by atoms with van der Waals surface area (Å²) in [6, 6.07) is 4.01. The van der Waals surface area contributed by atoms with E-state index < -0.39 is 0 Å². The van der Waals surface area contributed by atoms with Crippen LogP contribution < -0.4 is 4.74 Å². The molecular formula is C9H11NOS. The van der Waals surface area contributed by atoms with Crippen molar-refractivity contribution in [1.82, 2.24) is 4.98 Å². The molecule has 0 amide bonds. The highest BCUT2D eigenvalue weighted by Gasteiger charge is 2.19. The Morgan fingerprint density at radius 1 is 1.58 bits per heavy atom. The van der Waals surface area contributed by atoms with Crippen molar-refractivity contribution in [1.29, 1.82) is 0 Å². The van der Waals surface area contributed by atoms with Crippen molar-refractivity contribution in [3.63, 3.8) is 0 Å². The summed E-state index contributed by atoms with van der Waals surface area (Å²) >= 11 is 1.89. The topological polar surface area (TPSA) is 22.1 Å². The van der Waals surface area contributed by atoms with Crippen LogP contribution in [0.5, 0.6) is 5.88 Å². The third-order valence-corrected chi connectivity index (χ3v) is 3.12. The molecule has 64 valence electrons. The van der Waals surface area contributed by atoms with Gasteiger partial charge >= 0.3 is 0 Å². The van der Waals surface area contributed by atoms with E-state index in [1.165, 1.54) is 10.6 Å². The molecule has 0 aliphatic carbocycles. The maximum atomic E-state index is 5.05. The van der Waals surface area contributed by atoms with E-state index in [4.69, 9.17) is 4.74 Å². The summed E-state index contributed by atoms with van der Waals surface area (Å²) in [5.74, 6) is 0.725. The van der Waals surface area contributed by atoms with Gasteiger partial charge < -0.3 is 4.74 Å². The Hall–Kier alpha value is -0.700. The first-order chi connectivity index (χ1) is 5.79. The largest absolute Gasteiger partial charge is 0.481 e. The van der Waals surface area contributed by atoms with E-state index in [0.717, 1.165) is 12.3 Å². The van der Waals surface area contributed by atoms with Gasteiger partial charge in [-0.15, -0.1) is 11.8 Å². The molecule has 0 saturated heterocycles. The minimum Gasteiger partial charge on any atom is -0.481 e. The highest BCUT2D eigenvalue weighted by Crippen LogP contribution is 2.36. The fourth-order valence-corrected chi connectivity index (χ4v) is 2.45. The van der Waals surface area contributed by atoms with Gasteiger partial charge in [-0.3, -0.25) is 0 Å². The third-order valence-electron chi connectivity index (χ3n) is 1.92. The predicted molar refractivity (Wildman–Crippen MR) is 49.8 cm³/mol. The van der Waals surface area contributed by atoms with Crippen molar-refractivity contribution >= 4 is 11.8 Å². The Bertz CT molecular complexity index is 301. The molecule has 0 bridgehead atoms. The normalized spacial score (nSPS) is 20.7. The second kappa shape index (κ2) is 2.98. The Kier molecular flexibility index (Phi) is 1.97. The number of aromatic nitrogens is 1. The number of hydrogen-bond acceptors (Lipinski definition) is 3. The Morgan fingerprint density at radius 3 is 3.17 bits per heavy atom. The van der Waals surface area contributed by atoms with Crippen molar-refractivity contribution in [3.8, 4) is 5.88 Å². The average Bonchev–Trinajstić information content (AvgIpc) is 2.43. The molecule has 1 atom stereocenters. The number of hydrogen-bond donors (Lipinski definition) is 0. The maximum Gasteiger partial charge on any atom is 0.213 e. The predicted octanol–water partition coefficient (Wildman–Crippen LogP) is 2.13. The van der Waals surface area contributed by atoms with Gasteiger partial charge in [0.25, 0.3) is 0 Å². The van der Waals surface area contributed by atoms with Crippen LogP contribution in [0.2, 0.25) is 0 Å². The molecule has 0 fully saturated rings. The zero-order valence-corrected chi connectivity index (χ0v) is 8.02. The van der Waals surface area contributed by atoms with Crippen molar-refractivity contribution in [3.05, 3.63) is 17.8 Å². The molecule has 0 spiro atoms. The smallest absolute Gasteiger partial charge is 0.213 e. The molecule has 2 nitrogen and oxygen atoms in total. The molecule has 2 rings (SSSR count). The lowest BCUT2D eigenvalue weighted by Gasteiger charge is -2.00. The summed E-state index contributed by atoms with van der Waals surface area (Å²) in [4.78, 5) is 5.69. The SMILES string of the molecule is COc1ccc2c(n1)CC(C)S2. The van der Waals surface area contributed by atoms with Crippen LogP contribution in [0.25, 0.3) is 0 Å². The lowest BCUT2D eigenvalue weighted by Crippen LogP contribution is -1.95. The van der Waals surface area contributed by atoms with Gasteiger partial charge in [0.1, 0.15) is 0 Å². The highest BCUT2D eigenvalue weighted by molar-refractivity contribution is 8.00. The van der Waals surface area contributed by atoms with Crippen molar-refractivity contribution < 1.29 is 4.74 Å². The number of methoxy groups -OCH3 is 1. The molecule has 1 unspecified atom stereocenters. The number of ether oxygens (including phenoxy) is 1. The van der Waals surface area contributed by atoms with Crippen LogP contribution in [0.15, 0.2) is 17.0 Å². The van der Waals surface area contributed by atoms with E-state index in [2.05, 4.69) is 18.0 Å². The van der Waals surface area contributed by atoms with Gasteiger partial charge in [0.15, 0.2) is 0 Å². The first kappa shape index (κ1) is 7.92. The summed E-state index contributed by atoms with van der Waals surface area (Å²) in [6.45, 7) is 2.22. The number of nitrogens with zero attached hydrogens (tertiary/aromatic N) is 1. The van der Waals surface area contributed by atoms with Crippen LogP contribution in [0.3, 0.4) is 0 Å². The first-order valence-corrected chi connectivity index (χ1v) is 4.88. The molecular weight excluding hydrogens is 170 g/mol. The molecule has 3 heteroatoms. The highest BCUT2D eigenvalue weighted by atomic mass is 32.2. The average molecular weight is 181 g/mol. The minimum absolute atomic E-state index is 0.666. The van der Waals surface area contributed by atoms with Crippen LogP contribution in [0.4, 0.5) is 0 Å². The van der Waals surface area contributed by atoms with Crippen LogP contribution >= 0.6 is 11.8 Å². The maximum absolute atomic E-state index is 5.05. The van der Waals surface area contributed by atoms with E-state index in [0.29, 0.717) is 5.25 Å². The molecule has 1 aliphatic heterocycles. The zero-order valence-electron chi connectivity index (χ0n) is 7.20. The second-order valence-electron chi connectivity index (χ2n) is 2.93. The molecule has 0 radical (unpaired) electrons. The Balaban J connectivity index is 2.35. The molecule has 1 aromatic heterocycles. The second-order valence-corrected chi connectivity index (χ2v) is 4.41. The summed E-state index contributed by atoms with van der Waals surface area (Å²) in [5.41, 5.74) is 1.19. The zero-order chi connectivity index (χ0) is 8.55. The van der Waals surface area contributed by atoms with E-state index in [9.17, 15) is 0 Å². The minimum atomic E-state index is 0.666. The summed E-state index contributed by atoms with van der Waals surface area (Å²) in [5, 5.41) is 0.666. The Morgan fingerprint density at radius 2 is 2.42 bits per heavy atom. The van der Waals surface area contributed by atoms with Gasteiger partial charge in [-0.05, 0) is 6.07 Å². The van der Waals surface area contributed by atoms with E-state index in [1.54, 1.807) is 7.11 Å². The van der Waals surface area contributed by atoms with Gasteiger partial charge in [-0.25, -0.2) is 4.98 Å². The quantitative estimate of drug-likeness (QED) is 0.662. The van der Waals surface area contributed by atoms with Crippen molar-refractivity contribution in [2.45, 2.75) is 23.5 Å². The van der Waals surface area contributed by atoms with E-state index in [-0.39, 0.29) is 0 Å². The molecule has 1 aliphatic rings. The number of rotatable bonds is 1. The van der Waals surface area contributed by atoms with E-state index >= 15 is 0 Å². The number of pyridine rings is 1. The lowest BCUT2D eigenvalue weighted by atomic mass is 10.2. The third kappa shape index (κ3) is 1.29. The van der Waals surface area contributed by atoms with Crippen LogP contribution in [0, 0.1) is 0 Å². The van der Waals surface area contributed by atoms with Crippen LogP contribution in [-0.2, 0) is 6.42 Å². The van der Waals surface area contributed by atoms with Crippen molar-refractivity contribution in [2.24, 2.45) is 0 Å². The summed E-state index contributed by atoms with van der Waals surface area (Å²) in [7, 11) is 1.65. The fourth-order valence-electron chi connectivity index (χ4n) is 1.37. The first-order valence-electron chi connectivity index (χ1n) is 4.00. The van der Waals surface area contributed by atoms with E-state index in [1.807, 2.05) is 17.8 Å². The van der Waals surface area contributed by atoms with Gasteiger partial charge in [0.2, 0.25) is 5.88 Å². The fraction of sp³-hybridized carbons (Fsp3) is 0.444. The standard InChI is InChI=1S/C9H11NOS/c1-6-5-7-8(12-6)3-4-9(10-7)11-2/h3-4,6H,5H2,1-2H3. The van der Waals surface area contributed by atoms with Crippen molar-refractivity contribution in [2.75, 3.05) is 7.11 Å².